The van der Waals surface area contributed by atoms with Crippen LogP contribution in [0.2, 0.25) is 0 Å². The number of hydrogen-bond donors (Lipinski definition) is 2. The summed E-state index contributed by atoms with van der Waals surface area (Å²) in [5, 5.41) is 9.85. The highest BCUT2D eigenvalue weighted by Gasteiger charge is 2.26. The first-order chi connectivity index (χ1) is 14.0. The summed E-state index contributed by atoms with van der Waals surface area (Å²) in [4.78, 5) is 40.2. The van der Waals surface area contributed by atoms with Gasteiger partial charge in [-0.2, -0.15) is 5.10 Å². The number of aromatic nitrogens is 4. The molecule has 1 unspecified atom stereocenters. The van der Waals surface area contributed by atoms with Gasteiger partial charge in [0.2, 0.25) is 11.8 Å². The third-order valence-corrected chi connectivity index (χ3v) is 4.86. The molecule has 1 saturated heterocycles. The second-order valence-corrected chi connectivity index (χ2v) is 6.82. The highest BCUT2D eigenvalue weighted by molar-refractivity contribution is 5.90. The fraction of sp³-hybridized carbons (Fsp3) is 0.316. The van der Waals surface area contributed by atoms with Gasteiger partial charge >= 0.3 is 0 Å². The Hall–Kier alpha value is -3.56. The molecule has 1 atom stereocenters. The minimum Gasteiger partial charge on any atom is -0.352 e. The van der Waals surface area contributed by atoms with Gasteiger partial charge in [-0.05, 0) is 12.5 Å². The largest absolute Gasteiger partial charge is 0.352 e. The zero-order valence-corrected chi connectivity index (χ0v) is 15.5. The lowest BCUT2D eigenvalue weighted by Crippen LogP contribution is -2.42. The average Bonchev–Trinajstić information content (AvgIpc) is 3.32. The van der Waals surface area contributed by atoms with Crippen LogP contribution < -0.4 is 16.2 Å². The zero-order chi connectivity index (χ0) is 20.4. The Labute approximate surface area is 164 Å². The van der Waals surface area contributed by atoms with Crippen LogP contribution in [0, 0.1) is 5.82 Å². The van der Waals surface area contributed by atoms with E-state index in [0.717, 1.165) is 0 Å². The van der Waals surface area contributed by atoms with Gasteiger partial charge in [0.25, 0.3) is 5.56 Å². The molecule has 9 nitrogen and oxygen atoms in total. The number of benzene rings is 1. The van der Waals surface area contributed by atoms with Crippen molar-refractivity contribution in [2.45, 2.75) is 32.0 Å². The average molecular weight is 398 g/mol. The maximum atomic E-state index is 13.9. The predicted molar refractivity (Wildman–Crippen MR) is 101 cm³/mol. The summed E-state index contributed by atoms with van der Waals surface area (Å²) in [6, 6.07) is 5.76. The molecule has 0 bridgehead atoms. The topological polar surface area (TPSA) is 111 Å². The van der Waals surface area contributed by atoms with Gasteiger partial charge in [-0.25, -0.2) is 14.1 Å². The van der Waals surface area contributed by atoms with E-state index in [1.54, 1.807) is 18.2 Å². The number of fused-ring (bicyclic) bond motifs is 1. The van der Waals surface area contributed by atoms with Gasteiger partial charge in [0.05, 0.1) is 19.3 Å². The van der Waals surface area contributed by atoms with Gasteiger partial charge in [-0.15, -0.1) is 0 Å². The highest BCUT2D eigenvalue weighted by Crippen LogP contribution is 2.10. The second kappa shape index (κ2) is 7.82. The maximum absolute atomic E-state index is 13.9. The molecule has 1 aliphatic heterocycles. The molecule has 3 heterocycles. The molecule has 2 N–H and O–H groups in total. The molecular weight excluding hydrogens is 379 g/mol. The SMILES string of the molecule is O=C1CCC(C(=O)NCCn2ncc3c(=O)n(Cc4ccccc4F)cnc32)N1. The number of amides is 2. The fourth-order valence-electron chi connectivity index (χ4n) is 3.30. The van der Waals surface area contributed by atoms with Gasteiger partial charge in [-0.1, -0.05) is 18.2 Å². The number of hydrogen-bond acceptors (Lipinski definition) is 5. The second-order valence-electron chi connectivity index (χ2n) is 6.82. The smallest absolute Gasteiger partial charge is 0.264 e. The van der Waals surface area contributed by atoms with E-state index in [9.17, 15) is 18.8 Å². The summed E-state index contributed by atoms with van der Waals surface area (Å²) < 4.78 is 16.7. The van der Waals surface area contributed by atoms with Crippen molar-refractivity contribution in [3.05, 3.63) is 58.5 Å². The van der Waals surface area contributed by atoms with Crippen LogP contribution in [0.1, 0.15) is 18.4 Å². The number of nitrogens with one attached hydrogen (secondary N) is 2. The number of rotatable bonds is 6. The fourth-order valence-corrected chi connectivity index (χ4v) is 3.30. The maximum Gasteiger partial charge on any atom is 0.264 e. The van der Waals surface area contributed by atoms with Gasteiger partial charge < -0.3 is 10.6 Å². The van der Waals surface area contributed by atoms with Crippen LogP contribution in [0.15, 0.2) is 41.6 Å². The molecule has 0 radical (unpaired) electrons. The first-order valence-corrected chi connectivity index (χ1v) is 9.24. The summed E-state index contributed by atoms with van der Waals surface area (Å²) in [7, 11) is 0. The molecule has 29 heavy (non-hydrogen) atoms. The minimum atomic E-state index is -0.499. The van der Waals surface area contributed by atoms with Crippen LogP contribution in [0.4, 0.5) is 4.39 Å². The van der Waals surface area contributed by atoms with E-state index < -0.39 is 6.04 Å². The molecule has 0 spiro atoms. The van der Waals surface area contributed by atoms with Gasteiger partial charge in [-0.3, -0.25) is 19.0 Å². The van der Waals surface area contributed by atoms with E-state index >= 15 is 0 Å². The van der Waals surface area contributed by atoms with Crippen LogP contribution in [-0.4, -0.2) is 43.7 Å². The van der Waals surface area contributed by atoms with Crippen LogP contribution in [0.5, 0.6) is 0 Å². The first kappa shape index (κ1) is 18.8. The standard InChI is InChI=1S/C19H19FN6O3/c20-14-4-2-1-3-12(14)10-25-11-22-17-13(19(25)29)9-23-26(17)8-7-21-18(28)15-5-6-16(27)24-15/h1-4,9,11,15H,5-8,10H2,(H,21,28)(H,24,27). The van der Waals surface area contributed by atoms with Crippen LogP contribution in [-0.2, 0) is 22.7 Å². The van der Waals surface area contributed by atoms with E-state index in [-0.39, 0.29) is 36.3 Å². The lowest BCUT2D eigenvalue weighted by atomic mass is 10.2. The van der Waals surface area contributed by atoms with E-state index in [1.807, 2.05) is 0 Å². The Balaban J connectivity index is 1.44. The van der Waals surface area contributed by atoms with Crippen molar-refractivity contribution in [2.75, 3.05) is 6.54 Å². The number of carbonyl (C=O) groups excluding carboxylic acids is 2. The molecule has 0 saturated carbocycles. The van der Waals surface area contributed by atoms with Gasteiger partial charge in [0, 0.05) is 18.5 Å². The Morgan fingerprint density at radius 2 is 2.14 bits per heavy atom. The van der Waals surface area contributed by atoms with E-state index in [0.29, 0.717) is 36.0 Å². The summed E-state index contributed by atoms with van der Waals surface area (Å²) >= 11 is 0. The summed E-state index contributed by atoms with van der Waals surface area (Å²) in [6.07, 6.45) is 3.62. The lowest BCUT2D eigenvalue weighted by molar-refractivity contribution is -0.125. The van der Waals surface area contributed by atoms with Crippen molar-refractivity contribution in [1.82, 2.24) is 30.0 Å². The van der Waals surface area contributed by atoms with Crippen LogP contribution in [0.25, 0.3) is 11.0 Å². The lowest BCUT2D eigenvalue weighted by Gasteiger charge is -2.11. The molecule has 2 aromatic heterocycles. The van der Waals surface area contributed by atoms with Crippen molar-refractivity contribution in [3.8, 4) is 0 Å². The molecule has 1 fully saturated rings. The highest BCUT2D eigenvalue weighted by atomic mass is 19.1. The molecule has 0 aliphatic carbocycles. The Morgan fingerprint density at radius 1 is 1.31 bits per heavy atom. The summed E-state index contributed by atoms with van der Waals surface area (Å²) in [5.41, 5.74) is 0.468. The molecule has 1 aliphatic rings. The normalized spacial score (nSPS) is 16.2. The van der Waals surface area contributed by atoms with Gasteiger partial charge in [0.15, 0.2) is 5.65 Å². The van der Waals surface area contributed by atoms with Gasteiger partial charge in [0.1, 0.15) is 23.6 Å². The van der Waals surface area contributed by atoms with Crippen molar-refractivity contribution >= 4 is 22.8 Å². The summed E-state index contributed by atoms with van der Waals surface area (Å²) in [6.45, 7) is 0.671. The third kappa shape index (κ3) is 3.86. The predicted octanol–water partition coefficient (Wildman–Crippen LogP) is 0.175. The van der Waals surface area contributed by atoms with Crippen molar-refractivity contribution in [2.24, 2.45) is 0 Å². The number of nitrogens with zero attached hydrogens (tertiary/aromatic N) is 4. The zero-order valence-electron chi connectivity index (χ0n) is 15.5. The van der Waals surface area contributed by atoms with Crippen LogP contribution in [0.3, 0.4) is 0 Å². The summed E-state index contributed by atoms with van der Waals surface area (Å²) in [5.74, 6) is -0.754. The minimum absolute atomic E-state index is 0.0722. The Kier molecular flexibility index (Phi) is 5.07. The molecule has 2 amide bonds. The molecule has 4 rings (SSSR count). The van der Waals surface area contributed by atoms with Crippen molar-refractivity contribution in [1.29, 1.82) is 0 Å². The van der Waals surface area contributed by atoms with E-state index in [1.165, 1.54) is 27.8 Å². The molecule has 150 valence electrons. The Morgan fingerprint density at radius 3 is 2.90 bits per heavy atom. The van der Waals surface area contributed by atoms with Crippen molar-refractivity contribution in [3.63, 3.8) is 0 Å². The first-order valence-electron chi connectivity index (χ1n) is 9.24. The van der Waals surface area contributed by atoms with E-state index in [4.69, 9.17) is 0 Å². The molecule has 3 aromatic rings. The monoisotopic (exact) mass is 398 g/mol. The molecule has 10 heteroatoms. The molecular formula is C19H19FN6O3. The van der Waals surface area contributed by atoms with Crippen LogP contribution >= 0.6 is 0 Å². The Bertz CT molecular complexity index is 1140. The number of carbonyl (C=O) groups is 2. The quantitative estimate of drug-likeness (QED) is 0.615. The van der Waals surface area contributed by atoms with E-state index in [2.05, 4.69) is 20.7 Å². The molecule has 1 aromatic carbocycles. The van der Waals surface area contributed by atoms with Crippen molar-refractivity contribution < 1.29 is 14.0 Å². The number of halogens is 1. The third-order valence-electron chi connectivity index (χ3n) is 4.86.